The standard InChI is InChI=1S/C5H6N2O.Na.H/c6-5(8)7-3-1-2-4-7;;/h1-4H,(H2,6,8);;/q;+1;-1. The van der Waals surface area contributed by atoms with Gasteiger partial charge >= 0.3 is 35.6 Å². The zero-order valence-corrected chi connectivity index (χ0v) is 7.24. The normalized spacial score (nSPS) is 8.00. The number of rotatable bonds is 0. The molecule has 0 fully saturated rings. The molecule has 0 unspecified atom stereocenters. The van der Waals surface area contributed by atoms with E-state index in [9.17, 15) is 4.79 Å². The number of primary amides is 1. The van der Waals surface area contributed by atoms with E-state index in [2.05, 4.69) is 0 Å². The first-order chi connectivity index (χ1) is 3.80. The summed E-state index contributed by atoms with van der Waals surface area (Å²) in [6.45, 7) is 0. The number of amides is 1. The molecule has 3 nitrogen and oxygen atoms in total. The maximum Gasteiger partial charge on any atom is 1.00 e. The molecule has 1 heterocycles. The van der Waals surface area contributed by atoms with E-state index >= 15 is 0 Å². The van der Waals surface area contributed by atoms with E-state index in [1.165, 1.54) is 4.57 Å². The number of carbonyl (C=O) groups excluding carboxylic acids is 1. The minimum Gasteiger partial charge on any atom is -1.00 e. The molecule has 1 rings (SSSR count). The predicted molar refractivity (Wildman–Crippen MR) is 30.5 cm³/mol. The molecule has 0 aliphatic carbocycles. The third kappa shape index (κ3) is 2.22. The average molecular weight is 134 g/mol. The molecule has 0 bridgehead atoms. The van der Waals surface area contributed by atoms with Crippen molar-refractivity contribution in [3.63, 3.8) is 0 Å². The third-order valence-electron chi connectivity index (χ3n) is 0.859. The fraction of sp³-hybridized carbons (Fsp3) is 0. The van der Waals surface area contributed by atoms with E-state index in [0.29, 0.717) is 0 Å². The molecule has 4 heteroatoms. The summed E-state index contributed by atoms with van der Waals surface area (Å²) < 4.78 is 1.31. The van der Waals surface area contributed by atoms with Crippen molar-refractivity contribution in [1.29, 1.82) is 0 Å². The molecule has 0 aromatic carbocycles. The summed E-state index contributed by atoms with van der Waals surface area (Å²) in [6.07, 6.45) is 3.20. The number of nitrogens with zero attached hydrogens (tertiary/aromatic N) is 1. The van der Waals surface area contributed by atoms with Crippen molar-refractivity contribution in [3.8, 4) is 0 Å². The van der Waals surface area contributed by atoms with Gasteiger partial charge in [0.05, 0.1) is 0 Å². The van der Waals surface area contributed by atoms with Gasteiger partial charge in [-0.1, -0.05) is 0 Å². The van der Waals surface area contributed by atoms with E-state index in [0.717, 1.165) is 0 Å². The van der Waals surface area contributed by atoms with Crippen LogP contribution in [0.25, 0.3) is 0 Å². The number of carbonyl (C=O) groups is 1. The van der Waals surface area contributed by atoms with Gasteiger partial charge in [-0.05, 0) is 12.1 Å². The van der Waals surface area contributed by atoms with Crippen molar-refractivity contribution in [1.82, 2.24) is 4.57 Å². The molecule has 9 heavy (non-hydrogen) atoms. The second-order valence-corrected chi connectivity index (χ2v) is 1.43. The van der Waals surface area contributed by atoms with Crippen LogP contribution in [0.3, 0.4) is 0 Å². The van der Waals surface area contributed by atoms with Crippen LogP contribution in [-0.2, 0) is 0 Å². The van der Waals surface area contributed by atoms with Crippen molar-refractivity contribution >= 4 is 6.03 Å². The van der Waals surface area contributed by atoms with Crippen LogP contribution >= 0.6 is 0 Å². The van der Waals surface area contributed by atoms with Gasteiger partial charge in [-0.15, -0.1) is 0 Å². The molecule has 0 aliphatic heterocycles. The largest absolute Gasteiger partial charge is 1.00 e. The number of aromatic nitrogens is 1. The van der Waals surface area contributed by atoms with Crippen LogP contribution in [0.5, 0.6) is 0 Å². The Kier molecular flexibility index (Phi) is 3.61. The molecule has 1 aromatic heterocycles. The summed E-state index contributed by atoms with van der Waals surface area (Å²) >= 11 is 0. The molecule has 2 N–H and O–H groups in total. The second kappa shape index (κ2) is 3.71. The first-order valence-corrected chi connectivity index (χ1v) is 2.23. The summed E-state index contributed by atoms with van der Waals surface area (Å²) in [4.78, 5) is 10.2. The second-order valence-electron chi connectivity index (χ2n) is 1.43. The molecular formula is C5H7N2NaO. The van der Waals surface area contributed by atoms with Crippen LogP contribution in [0, 0.1) is 0 Å². The Bertz CT molecular complexity index is 188. The first kappa shape index (κ1) is 8.75. The molecule has 0 spiro atoms. The fourth-order valence-electron chi connectivity index (χ4n) is 0.481. The quantitative estimate of drug-likeness (QED) is 0.393. The van der Waals surface area contributed by atoms with Gasteiger partial charge in [-0.25, -0.2) is 4.79 Å². The van der Waals surface area contributed by atoms with Gasteiger partial charge in [0.2, 0.25) is 0 Å². The van der Waals surface area contributed by atoms with Crippen LogP contribution in [-0.4, -0.2) is 10.6 Å². The van der Waals surface area contributed by atoms with Crippen molar-refractivity contribution in [2.24, 2.45) is 5.73 Å². The molecule has 0 atom stereocenters. The monoisotopic (exact) mass is 134 g/mol. The van der Waals surface area contributed by atoms with E-state index in [1.807, 2.05) is 0 Å². The maximum atomic E-state index is 10.2. The Hall–Kier alpha value is -0.250. The molecule has 0 aliphatic rings. The molecule has 1 aromatic rings. The van der Waals surface area contributed by atoms with E-state index in [4.69, 9.17) is 5.73 Å². The Morgan fingerprint density at radius 1 is 1.44 bits per heavy atom. The predicted octanol–water partition coefficient (Wildman–Crippen LogP) is -2.47. The summed E-state index contributed by atoms with van der Waals surface area (Å²) in [6, 6.07) is 3.03. The van der Waals surface area contributed by atoms with Gasteiger partial charge in [0.15, 0.2) is 0 Å². The number of nitrogens with two attached hydrogens (primary N) is 1. The molecule has 44 valence electrons. The summed E-state index contributed by atoms with van der Waals surface area (Å²) in [5, 5.41) is 0. The topological polar surface area (TPSA) is 48.0 Å². The zero-order chi connectivity index (χ0) is 5.98. The van der Waals surface area contributed by atoms with Gasteiger partial charge in [-0.2, -0.15) is 0 Å². The third-order valence-corrected chi connectivity index (χ3v) is 0.859. The average Bonchev–Trinajstić information content (AvgIpc) is 2.12. The van der Waals surface area contributed by atoms with Crippen molar-refractivity contribution in [3.05, 3.63) is 24.5 Å². The van der Waals surface area contributed by atoms with Gasteiger partial charge in [0.1, 0.15) is 0 Å². The fourth-order valence-corrected chi connectivity index (χ4v) is 0.481. The van der Waals surface area contributed by atoms with E-state index < -0.39 is 6.03 Å². The van der Waals surface area contributed by atoms with Crippen molar-refractivity contribution in [2.75, 3.05) is 0 Å². The Morgan fingerprint density at radius 3 is 2.11 bits per heavy atom. The molecule has 0 saturated carbocycles. The summed E-state index contributed by atoms with van der Waals surface area (Å²) in [5.41, 5.74) is 4.88. The smallest absolute Gasteiger partial charge is 1.00 e. The SMILES string of the molecule is NC(=O)n1cccc1.[H-].[Na+]. The van der Waals surface area contributed by atoms with Crippen molar-refractivity contribution < 1.29 is 35.8 Å². The Balaban J connectivity index is 0. The van der Waals surface area contributed by atoms with E-state index in [-0.39, 0.29) is 31.0 Å². The van der Waals surface area contributed by atoms with Crippen LogP contribution < -0.4 is 35.3 Å². The molecule has 1 amide bonds. The number of hydrogen-bond donors (Lipinski definition) is 1. The Labute approximate surface area is 76.6 Å². The minimum absolute atomic E-state index is 0. The van der Waals surface area contributed by atoms with Crippen LogP contribution in [0.15, 0.2) is 24.5 Å². The van der Waals surface area contributed by atoms with E-state index in [1.54, 1.807) is 24.5 Å². The minimum atomic E-state index is -0.449. The van der Waals surface area contributed by atoms with Crippen molar-refractivity contribution in [2.45, 2.75) is 0 Å². The summed E-state index contributed by atoms with van der Waals surface area (Å²) in [5.74, 6) is 0. The van der Waals surface area contributed by atoms with Crippen LogP contribution in [0.1, 0.15) is 1.43 Å². The van der Waals surface area contributed by atoms with Gasteiger partial charge in [-0.3, -0.25) is 4.57 Å². The van der Waals surface area contributed by atoms with Gasteiger partial charge < -0.3 is 7.16 Å². The molecular weight excluding hydrogens is 127 g/mol. The van der Waals surface area contributed by atoms with Gasteiger partial charge in [0, 0.05) is 12.4 Å². The molecule has 0 radical (unpaired) electrons. The maximum absolute atomic E-state index is 10.2. The first-order valence-electron chi connectivity index (χ1n) is 2.23. The van der Waals surface area contributed by atoms with Gasteiger partial charge in [0.25, 0.3) is 0 Å². The number of hydrogen-bond acceptors (Lipinski definition) is 1. The summed E-state index contributed by atoms with van der Waals surface area (Å²) in [7, 11) is 0. The van der Waals surface area contributed by atoms with Crippen LogP contribution in [0.2, 0.25) is 0 Å². The molecule has 0 saturated heterocycles. The van der Waals surface area contributed by atoms with Crippen LogP contribution in [0.4, 0.5) is 4.79 Å². The zero-order valence-electron chi connectivity index (χ0n) is 6.24. The Morgan fingerprint density at radius 2 is 1.89 bits per heavy atom.